The predicted octanol–water partition coefficient (Wildman–Crippen LogP) is 5.03. The Kier molecular flexibility index (Phi) is 6.34. The van der Waals surface area contributed by atoms with E-state index in [1.165, 1.54) is 4.88 Å². The van der Waals surface area contributed by atoms with Gasteiger partial charge in [0, 0.05) is 11.6 Å². The molecule has 0 atom stereocenters. The molecule has 22 heavy (non-hydrogen) atoms. The van der Waals surface area contributed by atoms with Gasteiger partial charge in [-0.05, 0) is 37.1 Å². The molecule has 3 nitrogen and oxygen atoms in total. The van der Waals surface area contributed by atoms with Crippen molar-refractivity contribution in [2.75, 3.05) is 6.54 Å². The van der Waals surface area contributed by atoms with Crippen LogP contribution in [-0.2, 0) is 0 Å². The third-order valence-electron chi connectivity index (χ3n) is 3.38. The number of rotatable bonds is 7. The van der Waals surface area contributed by atoms with Crippen molar-refractivity contribution in [3.8, 4) is 10.6 Å². The van der Waals surface area contributed by atoms with Gasteiger partial charge in [0.15, 0.2) is 0 Å². The van der Waals surface area contributed by atoms with Crippen LogP contribution in [0.1, 0.15) is 33.6 Å². The lowest BCUT2D eigenvalue weighted by Gasteiger charge is -2.06. The molecule has 118 valence electrons. The van der Waals surface area contributed by atoms with Gasteiger partial charge in [0.05, 0.1) is 17.1 Å². The molecule has 0 aliphatic heterocycles. The summed E-state index contributed by atoms with van der Waals surface area (Å²) in [5, 5.41) is 8.95. The fourth-order valence-electron chi connectivity index (χ4n) is 1.98. The van der Waals surface area contributed by atoms with Crippen LogP contribution in [0.15, 0.2) is 45.1 Å². The van der Waals surface area contributed by atoms with E-state index in [0.29, 0.717) is 12.5 Å². The molecule has 0 aliphatic carbocycles. The number of hydrogen-bond donors (Lipinski definition) is 0. The summed E-state index contributed by atoms with van der Waals surface area (Å²) in [5.74, 6) is 0.512. The molecule has 2 rings (SSSR count). The fraction of sp³-hybridized carbons (Fsp3) is 0.412. The highest BCUT2D eigenvalue weighted by Gasteiger charge is 2.08. The van der Waals surface area contributed by atoms with Crippen LogP contribution in [0, 0.1) is 5.92 Å². The molecule has 5 heteroatoms. The Morgan fingerprint density at radius 2 is 2.14 bits per heavy atom. The Hall–Kier alpha value is -1.46. The molecule has 0 spiro atoms. The van der Waals surface area contributed by atoms with Crippen molar-refractivity contribution in [2.45, 2.75) is 33.6 Å². The van der Waals surface area contributed by atoms with Crippen LogP contribution >= 0.6 is 22.7 Å². The van der Waals surface area contributed by atoms with E-state index in [0.717, 1.165) is 28.9 Å². The first-order valence-corrected chi connectivity index (χ1v) is 9.35. The summed E-state index contributed by atoms with van der Waals surface area (Å²) in [6, 6.07) is 4.19. The van der Waals surface area contributed by atoms with Gasteiger partial charge in [-0.1, -0.05) is 32.1 Å². The first-order valence-electron chi connectivity index (χ1n) is 7.59. The van der Waals surface area contributed by atoms with Crippen molar-refractivity contribution in [1.82, 2.24) is 4.68 Å². The molecule has 2 aromatic heterocycles. The van der Waals surface area contributed by atoms with Crippen molar-refractivity contribution in [3.63, 3.8) is 0 Å². The van der Waals surface area contributed by atoms with Gasteiger partial charge in [0.25, 0.3) is 0 Å². The standard InChI is InChI=1S/C17H23N3S2/c1-5-14(6-2)11-19-20-15(16-8-7-9-21-16)12-22-17(20)18-10-13(3)4/h7-9,11-12,14H,3,5-6,10H2,1-2,4H3. The Balaban J connectivity index is 2.44. The Morgan fingerprint density at radius 1 is 1.36 bits per heavy atom. The summed E-state index contributed by atoms with van der Waals surface area (Å²) < 4.78 is 1.97. The maximum atomic E-state index is 4.73. The summed E-state index contributed by atoms with van der Waals surface area (Å²) in [7, 11) is 0. The smallest absolute Gasteiger partial charge is 0.206 e. The summed E-state index contributed by atoms with van der Waals surface area (Å²) >= 11 is 3.36. The Bertz CT molecular complexity index is 686. The minimum absolute atomic E-state index is 0.512. The van der Waals surface area contributed by atoms with Crippen LogP contribution in [0.3, 0.4) is 0 Å². The number of thiazole rings is 1. The van der Waals surface area contributed by atoms with Crippen LogP contribution in [0.25, 0.3) is 10.6 Å². The molecule has 0 aromatic carbocycles. The lowest BCUT2D eigenvalue weighted by Crippen LogP contribution is -2.13. The van der Waals surface area contributed by atoms with Crippen LogP contribution in [0.2, 0.25) is 0 Å². The normalized spacial score (nSPS) is 12.6. The first kappa shape index (κ1) is 16.9. The maximum absolute atomic E-state index is 4.73. The van der Waals surface area contributed by atoms with Crippen molar-refractivity contribution in [1.29, 1.82) is 0 Å². The number of thiophene rings is 1. The molecule has 0 radical (unpaired) electrons. The van der Waals surface area contributed by atoms with Crippen LogP contribution < -0.4 is 4.80 Å². The van der Waals surface area contributed by atoms with E-state index in [9.17, 15) is 0 Å². The quantitative estimate of drug-likeness (QED) is 0.503. The summed E-state index contributed by atoms with van der Waals surface area (Å²) in [5.41, 5.74) is 2.17. The van der Waals surface area contributed by atoms with Crippen LogP contribution in [-0.4, -0.2) is 17.4 Å². The molecule has 0 bridgehead atoms. The molecular weight excluding hydrogens is 310 g/mol. The monoisotopic (exact) mass is 333 g/mol. The maximum Gasteiger partial charge on any atom is 0.206 e. The van der Waals surface area contributed by atoms with E-state index in [-0.39, 0.29) is 0 Å². The van der Waals surface area contributed by atoms with Gasteiger partial charge in [-0.3, -0.25) is 4.99 Å². The highest BCUT2D eigenvalue weighted by atomic mass is 32.1. The van der Waals surface area contributed by atoms with E-state index in [1.807, 2.05) is 11.6 Å². The number of aromatic nitrogens is 1. The zero-order valence-corrected chi connectivity index (χ0v) is 15.1. The molecular formula is C17H23N3S2. The van der Waals surface area contributed by atoms with Gasteiger partial charge >= 0.3 is 0 Å². The number of hydrogen-bond acceptors (Lipinski definition) is 4. The van der Waals surface area contributed by atoms with Gasteiger partial charge in [-0.15, -0.1) is 22.7 Å². The Morgan fingerprint density at radius 3 is 2.73 bits per heavy atom. The predicted molar refractivity (Wildman–Crippen MR) is 98.8 cm³/mol. The lowest BCUT2D eigenvalue weighted by molar-refractivity contribution is 0.647. The zero-order valence-electron chi connectivity index (χ0n) is 13.5. The van der Waals surface area contributed by atoms with Crippen molar-refractivity contribution >= 4 is 28.9 Å². The molecule has 0 aliphatic rings. The lowest BCUT2D eigenvalue weighted by atomic mass is 10.1. The van der Waals surface area contributed by atoms with Gasteiger partial charge in [-0.25, -0.2) is 4.68 Å². The molecule has 0 unspecified atom stereocenters. The third-order valence-corrected chi connectivity index (χ3v) is 5.13. The zero-order chi connectivity index (χ0) is 15.9. The topological polar surface area (TPSA) is 29.6 Å². The van der Waals surface area contributed by atoms with Crippen molar-refractivity contribution in [2.24, 2.45) is 16.0 Å². The molecule has 0 fully saturated rings. The second-order valence-electron chi connectivity index (χ2n) is 5.31. The van der Waals surface area contributed by atoms with E-state index in [1.54, 1.807) is 22.7 Å². The highest BCUT2D eigenvalue weighted by molar-refractivity contribution is 7.14. The van der Waals surface area contributed by atoms with E-state index in [4.69, 9.17) is 5.10 Å². The molecule has 2 aromatic rings. The molecule has 2 heterocycles. The van der Waals surface area contributed by atoms with E-state index in [2.05, 4.69) is 54.5 Å². The van der Waals surface area contributed by atoms with Crippen LogP contribution in [0.4, 0.5) is 0 Å². The Labute approximate surface area is 140 Å². The average molecular weight is 334 g/mol. The molecule has 0 saturated carbocycles. The number of nitrogens with zero attached hydrogens (tertiary/aromatic N) is 3. The minimum Gasteiger partial charge on any atom is -0.253 e. The first-order chi connectivity index (χ1) is 10.7. The highest BCUT2D eigenvalue weighted by Crippen LogP contribution is 2.25. The summed E-state index contributed by atoms with van der Waals surface area (Å²) in [6.45, 7) is 11.0. The molecule has 0 amide bonds. The second kappa shape index (κ2) is 8.25. The summed E-state index contributed by atoms with van der Waals surface area (Å²) in [6.07, 6.45) is 4.28. The average Bonchev–Trinajstić information content (AvgIpc) is 3.15. The third kappa shape index (κ3) is 4.27. The molecule has 0 N–H and O–H groups in total. The summed E-state index contributed by atoms with van der Waals surface area (Å²) in [4.78, 5) is 6.78. The van der Waals surface area contributed by atoms with Gasteiger partial charge in [0.2, 0.25) is 4.80 Å². The fourth-order valence-corrected chi connectivity index (χ4v) is 3.61. The van der Waals surface area contributed by atoms with E-state index >= 15 is 0 Å². The van der Waals surface area contributed by atoms with Crippen molar-refractivity contribution in [3.05, 3.63) is 39.8 Å². The van der Waals surface area contributed by atoms with Crippen LogP contribution in [0.5, 0.6) is 0 Å². The second-order valence-corrected chi connectivity index (χ2v) is 7.09. The van der Waals surface area contributed by atoms with Gasteiger partial charge in [-0.2, -0.15) is 5.10 Å². The molecule has 0 saturated heterocycles. The van der Waals surface area contributed by atoms with Gasteiger partial charge < -0.3 is 0 Å². The van der Waals surface area contributed by atoms with Gasteiger partial charge in [0.1, 0.15) is 0 Å². The minimum atomic E-state index is 0.512. The SMILES string of the molecule is C=C(C)CN=c1scc(-c2cccs2)n1N=CC(CC)CC. The van der Waals surface area contributed by atoms with E-state index < -0.39 is 0 Å². The van der Waals surface area contributed by atoms with Crippen molar-refractivity contribution < 1.29 is 0 Å². The largest absolute Gasteiger partial charge is 0.253 e.